The highest BCUT2D eigenvalue weighted by Gasteiger charge is 2.31. The van der Waals surface area contributed by atoms with Crippen LogP contribution in [0, 0.1) is 6.92 Å². The fourth-order valence-electron chi connectivity index (χ4n) is 1.98. The summed E-state index contributed by atoms with van der Waals surface area (Å²) in [5.41, 5.74) is 6.44. The zero-order valence-corrected chi connectivity index (χ0v) is 7.35. The maximum absolute atomic E-state index is 2.39. The van der Waals surface area contributed by atoms with Gasteiger partial charge in [0.2, 0.25) is 0 Å². The highest BCUT2D eigenvalue weighted by molar-refractivity contribution is 5.54. The van der Waals surface area contributed by atoms with Gasteiger partial charge in [0.25, 0.3) is 0 Å². The minimum Gasteiger partial charge on any atom is -0.412 e. The Morgan fingerprint density at radius 1 is 1.25 bits per heavy atom. The molecule has 1 fully saturated rings. The number of hydrogen-bond donors (Lipinski definition) is 0. The molecule has 2 aliphatic rings. The van der Waals surface area contributed by atoms with Gasteiger partial charge in [0.05, 0.1) is 0 Å². The van der Waals surface area contributed by atoms with Gasteiger partial charge in [-0.2, -0.15) is 0 Å². The van der Waals surface area contributed by atoms with Crippen LogP contribution in [-0.4, -0.2) is 5.48 Å². The summed E-state index contributed by atoms with van der Waals surface area (Å²) in [6, 6.07) is 4.73. The molecule has 1 saturated carbocycles. The van der Waals surface area contributed by atoms with Crippen LogP contribution in [-0.2, 0) is 6.42 Å². The van der Waals surface area contributed by atoms with Gasteiger partial charge in [0, 0.05) is 0 Å². The summed E-state index contributed by atoms with van der Waals surface area (Å²) in [7, 11) is 0. The van der Waals surface area contributed by atoms with Crippen molar-refractivity contribution in [3.05, 3.63) is 34.4 Å². The molecule has 0 saturated heterocycles. The van der Waals surface area contributed by atoms with Crippen LogP contribution < -0.4 is 0 Å². The Hall–Kier alpha value is -0.820. The average Bonchev–Trinajstić information content (AvgIpc) is 2.81. The second-order valence-corrected chi connectivity index (χ2v) is 3.94. The van der Waals surface area contributed by atoms with E-state index in [1.165, 1.54) is 24.8 Å². The molecule has 0 unspecified atom stereocenters. The molecule has 2 aliphatic carbocycles. The molecule has 1 nitrogen and oxygen atoms in total. The smallest absolute Gasteiger partial charge is 0.00170 e. The van der Waals surface area contributed by atoms with E-state index in [2.05, 4.69) is 19.1 Å². The van der Waals surface area contributed by atoms with E-state index in [1.54, 1.807) is 16.7 Å². The van der Waals surface area contributed by atoms with Gasteiger partial charge in [-0.15, -0.1) is 0 Å². The van der Waals surface area contributed by atoms with E-state index in [0.717, 1.165) is 5.92 Å². The third-order valence-corrected chi connectivity index (χ3v) is 2.78. The zero-order valence-electron chi connectivity index (χ0n) is 7.35. The van der Waals surface area contributed by atoms with Crippen molar-refractivity contribution in [2.24, 2.45) is 0 Å². The second kappa shape index (κ2) is 2.33. The van der Waals surface area contributed by atoms with Gasteiger partial charge in [0.15, 0.2) is 0 Å². The molecule has 1 aromatic carbocycles. The Labute approximate surface area is 72.7 Å². The predicted octanol–water partition coefficient (Wildman–Crippen LogP) is 1.95. The Morgan fingerprint density at radius 2 is 2.00 bits per heavy atom. The largest absolute Gasteiger partial charge is 0.412 e. The molecule has 0 heterocycles. The van der Waals surface area contributed by atoms with Gasteiger partial charge in [-0.05, 0) is 48.8 Å². The molecule has 1 heteroatoms. The Balaban J connectivity index is 0.000000563. The molecule has 0 bridgehead atoms. The summed E-state index contributed by atoms with van der Waals surface area (Å²) in [6.45, 7) is 2.21. The molecule has 1 aromatic rings. The average molecular weight is 162 g/mol. The molecule has 64 valence electrons. The second-order valence-electron chi connectivity index (χ2n) is 3.94. The van der Waals surface area contributed by atoms with E-state index < -0.39 is 0 Å². The van der Waals surface area contributed by atoms with Crippen molar-refractivity contribution >= 4 is 0 Å². The molecule has 0 aliphatic heterocycles. The van der Waals surface area contributed by atoms with Gasteiger partial charge in [-0.25, -0.2) is 0 Å². The number of hydrogen-bond acceptors (Lipinski definition) is 0. The van der Waals surface area contributed by atoms with Gasteiger partial charge in [0.1, 0.15) is 0 Å². The van der Waals surface area contributed by atoms with Gasteiger partial charge in [-0.1, -0.05) is 17.7 Å². The first-order valence-electron chi connectivity index (χ1n) is 4.47. The first-order valence-corrected chi connectivity index (χ1v) is 4.47. The van der Waals surface area contributed by atoms with Crippen molar-refractivity contribution in [2.45, 2.75) is 32.1 Å². The molecule has 0 atom stereocenters. The number of aryl methyl sites for hydroxylation is 1. The maximum Gasteiger partial charge on any atom is -0.00170 e. The van der Waals surface area contributed by atoms with Crippen LogP contribution in [0.25, 0.3) is 0 Å². The molecule has 12 heavy (non-hydrogen) atoms. The molecular formula is C11H14O. The molecular weight excluding hydrogens is 148 g/mol. The fraction of sp³-hybridized carbons (Fsp3) is 0.455. The van der Waals surface area contributed by atoms with E-state index in [4.69, 9.17) is 0 Å². The van der Waals surface area contributed by atoms with Crippen molar-refractivity contribution in [2.75, 3.05) is 0 Å². The van der Waals surface area contributed by atoms with Gasteiger partial charge in [-0.3, -0.25) is 0 Å². The Bertz CT molecular complexity index is 323. The minimum absolute atomic E-state index is 0. The number of rotatable bonds is 1. The summed E-state index contributed by atoms with van der Waals surface area (Å²) in [5.74, 6) is 0.950. The molecule has 0 radical (unpaired) electrons. The van der Waals surface area contributed by atoms with Gasteiger partial charge < -0.3 is 5.48 Å². The van der Waals surface area contributed by atoms with Crippen LogP contribution in [0.1, 0.15) is 41.0 Å². The summed E-state index contributed by atoms with van der Waals surface area (Å²) >= 11 is 0. The third kappa shape index (κ3) is 1.05. The van der Waals surface area contributed by atoms with E-state index in [0.29, 0.717) is 0 Å². The Kier molecular flexibility index (Phi) is 1.52. The maximum atomic E-state index is 2.39. The lowest BCUT2D eigenvalue weighted by Gasteiger charge is -1.97. The normalized spacial score (nSPS) is 18.1. The molecule has 3 rings (SSSR count). The van der Waals surface area contributed by atoms with Crippen LogP contribution in [0.5, 0.6) is 0 Å². The van der Waals surface area contributed by atoms with E-state index in [-0.39, 0.29) is 5.48 Å². The quantitative estimate of drug-likeness (QED) is 0.614. The number of benzene rings is 1. The molecule has 0 aromatic heterocycles. The van der Waals surface area contributed by atoms with E-state index in [1.807, 2.05) is 0 Å². The van der Waals surface area contributed by atoms with Crippen LogP contribution in [0.3, 0.4) is 0 Å². The monoisotopic (exact) mass is 162 g/mol. The van der Waals surface area contributed by atoms with Crippen LogP contribution in [0.15, 0.2) is 12.1 Å². The van der Waals surface area contributed by atoms with E-state index >= 15 is 0 Å². The lowest BCUT2D eigenvalue weighted by atomic mass is 10.1. The fourth-order valence-corrected chi connectivity index (χ4v) is 1.98. The molecule has 2 N–H and O–H groups in total. The third-order valence-electron chi connectivity index (χ3n) is 2.78. The highest BCUT2D eigenvalue weighted by atomic mass is 16.0. The van der Waals surface area contributed by atoms with Crippen molar-refractivity contribution in [3.8, 4) is 0 Å². The molecule has 0 spiro atoms. The van der Waals surface area contributed by atoms with Crippen molar-refractivity contribution < 1.29 is 5.48 Å². The SMILES string of the molecule is Cc1cc2c(c(C3CC3)c1)C2.O. The topological polar surface area (TPSA) is 31.5 Å². The lowest BCUT2D eigenvalue weighted by Crippen LogP contribution is -1.79. The summed E-state index contributed by atoms with van der Waals surface area (Å²) in [4.78, 5) is 0. The van der Waals surface area contributed by atoms with Crippen LogP contribution >= 0.6 is 0 Å². The first-order chi connectivity index (χ1) is 5.34. The standard InChI is InChI=1S/C11H12.H2O/c1-7-4-9-6-11(9)10(5-7)8-2-3-8;/h4-5,8H,2-3,6H2,1H3;1H2. The van der Waals surface area contributed by atoms with Crippen LogP contribution in [0.4, 0.5) is 0 Å². The van der Waals surface area contributed by atoms with Crippen LogP contribution in [0.2, 0.25) is 0 Å². The molecule has 0 amide bonds. The number of fused-ring (bicyclic) bond motifs is 1. The highest BCUT2D eigenvalue weighted by Crippen LogP contribution is 2.47. The van der Waals surface area contributed by atoms with E-state index in [9.17, 15) is 0 Å². The van der Waals surface area contributed by atoms with Crippen molar-refractivity contribution in [1.29, 1.82) is 0 Å². The van der Waals surface area contributed by atoms with Crippen molar-refractivity contribution in [3.63, 3.8) is 0 Å². The minimum atomic E-state index is 0. The summed E-state index contributed by atoms with van der Waals surface area (Å²) in [5, 5.41) is 0. The summed E-state index contributed by atoms with van der Waals surface area (Å²) in [6.07, 6.45) is 4.17. The van der Waals surface area contributed by atoms with Crippen molar-refractivity contribution in [1.82, 2.24) is 0 Å². The zero-order chi connectivity index (χ0) is 7.42. The lowest BCUT2D eigenvalue weighted by molar-refractivity contribution is 0.824. The van der Waals surface area contributed by atoms with Gasteiger partial charge >= 0.3 is 0 Å². The first kappa shape index (κ1) is 7.81. The predicted molar refractivity (Wildman–Crippen MR) is 49.6 cm³/mol. The summed E-state index contributed by atoms with van der Waals surface area (Å²) < 4.78 is 0. The Morgan fingerprint density at radius 3 is 2.67 bits per heavy atom.